The van der Waals surface area contributed by atoms with Crippen molar-refractivity contribution in [2.24, 2.45) is 0 Å². The van der Waals surface area contributed by atoms with Gasteiger partial charge in [0.05, 0.1) is 12.8 Å². The van der Waals surface area contributed by atoms with Crippen molar-refractivity contribution in [3.8, 4) is 5.75 Å². The van der Waals surface area contributed by atoms with E-state index in [1.807, 2.05) is 31.2 Å². The molecule has 0 aliphatic heterocycles. The number of benzene rings is 2. The van der Waals surface area contributed by atoms with Crippen molar-refractivity contribution < 1.29 is 9.53 Å². The second-order valence-corrected chi connectivity index (χ2v) is 4.41. The smallest absolute Gasteiger partial charge is 0.323 e. The van der Waals surface area contributed by atoms with E-state index in [0.717, 1.165) is 11.3 Å². The van der Waals surface area contributed by atoms with Gasteiger partial charge in [-0.2, -0.15) is 0 Å². The van der Waals surface area contributed by atoms with Gasteiger partial charge in [0.25, 0.3) is 0 Å². The Balaban J connectivity index is 2.03. The van der Waals surface area contributed by atoms with Gasteiger partial charge in [-0.25, -0.2) is 4.79 Å². The van der Waals surface area contributed by atoms with E-state index >= 15 is 0 Å². The number of hydrogen-bond donors (Lipinski definition) is 3. The summed E-state index contributed by atoms with van der Waals surface area (Å²) in [6.45, 7) is 1.97. The van der Waals surface area contributed by atoms with Crippen LogP contribution in [0, 0.1) is 6.92 Å². The first-order valence-corrected chi connectivity index (χ1v) is 6.16. The number of nitrogens with one attached hydrogen (secondary N) is 2. The number of amides is 2. The number of nitrogen functional groups attached to an aromatic ring is 1. The molecule has 2 aromatic carbocycles. The lowest BCUT2D eigenvalue weighted by Gasteiger charge is -2.10. The molecule has 2 amide bonds. The van der Waals surface area contributed by atoms with Crippen LogP contribution in [0.25, 0.3) is 0 Å². The summed E-state index contributed by atoms with van der Waals surface area (Å²) in [7, 11) is 1.54. The molecule has 0 bridgehead atoms. The van der Waals surface area contributed by atoms with Gasteiger partial charge in [0.1, 0.15) is 5.75 Å². The topological polar surface area (TPSA) is 76.4 Å². The summed E-state index contributed by atoms with van der Waals surface area (Å²) in [5.74, 6) is 0.578. The number of carbonyl (C=O) groups is 1. The predicted molar refractivity (Wildman–Crippen MR) is 81.2 cm³/mol. The number of urea groups is 1. The van der Waals surface area contributed by atoms with Crippen molar-refractivity contribution in [1.29, 1.82) is 0 Å². The molecule has 0 aromatic heterocycles. The van der Waals surface area contributed by atoms with Gasteiger partial charge in [-0.15, -0.1) is 0 Å². The Labute approximate surface area is 117 Å². The number of aryl methyl sites for hydroxylation is 1. The molecule has 0 atom stereocenters. The van der Waals surface area contributed by atoms with E-state index in [1.54, 1.807) is 25.3 Å². The normalized spacial score (nSPS) is 9.90. The fourth-order valence-corrected chi connectivity index (χ4v) is 1.83. The molecule has 20 heavy (non-hydrogen) atoms. The highest BCUT2D eigenvalue weighted by molar-refractivity contribution is 6.00. The second kappa shape index (κ2) is 5.97. The van der Waals surface area contributed by atoms with Crippen LogP contribution in [-0.2, 0) is 0 Å². The van der Waals surface area contributed by atoms with E-state index in [-0.39, 0.29) is 6.03 Å². The Morgan fingerprint density at radius 2 is 1.80 bits per heavy atom. The highest BCUT2D eigenvalue weighted by atomic mass is 16.5. The van der Waals surface area contributed by atoms with E-state index in [0.29, 0.717) is 17.1 Å². The monoisotopic (exact) mass is 271 g/mol. The molecule has 2 aromatic rings. The number of anilines is 3. The lowest BCUT2D eigenvalue weighted by atomic mass is 10.2. The van der Waals surface area contributed by atoms with Gasteiger partial charge in [-0.3, -0.25) is 0 Å². The van der Waals surface area contributed by atoms with Gasteiger partial charge in [0.2, 0.25) is 0 Å². The summed E-state index contributed by atoms with van der Waals surface area (Å²) >= 11 is 0. The van der Waals surface area contributed by atoms with Crippen molar-refractivity contribution in [3.05, 3.63) is 48.0 Å². The largest absolute Gasteiger partial charge is 0.495 e. The molecule has 5 heteroatoms. The van der Waals surface area contributed by atoms with E-state index < -0.39 is 0 Å². The Hall–Kier alpha value is -2.69. The molecule has 0 fully saturated rings. The number of rotatable bonds is 3. The molecular weight excluding hydrogens is 254 g/mol. The van der Waals surface area contributed by atoms with E-state index in [2.05, 4.69) is 10.6 Å². The van der Waals surface area contributed by atoms with Crippen LogP contribution in [-0.4, -0.2) is 13.1 Å². The van der Waals surface area contributed by atoms with E-state index in [1.165, 1.54) is 0 Å². The highest BCUT2D eigenvalue weighted by Crippen LogP contribution is 2.24. The van der Waals surface area contributed by atoms with Gasteiger partial charge in [0, 0.05) is 11.4 Å². The summed E-state index contributed by atoms with van der Waals surface area (Å²) in [4.78, 5) is 11.9. The van der Waals surface area contributed by atoms with Crippen LogP contribution in [0.5, 0.6) is 5.75 Å². The zero-order valence-corrected chi connectivity index (χ0v) is 11.4. The summed E-state index contributed by atoms with van der Waals surface area (Å²) in [6, 6.07) is 12.3. The van der Waals surface area contributed by atoms with Gasteiger partial charge in [0.15, 0.2) is 0 Å². The maximum absolute atomic E-state index is 11.9. The highest BCUT2D eigenvalue weighted by Gasteiger charge is 2.05. The van der Waals surface area contributed by atoms with Gasteiger partial charge in [-0.1, -0.05) is 12.1 Å². The van der Waals surface area contributed by atoms with Crippen molar-refractivity contribution in [2.45, 2.75) is 6.92 Å². The first kappa shape index (κ1) is 13.7. The maximum Gasteiger partial charge on any atom is 0.323 e. The second-order valence-electron chi connectivity index (χ2n) is 4.41. The zero-order chi connectivity index (χ0) is 14.5. The molecule has 4 N–H and O–H groups in total. The molecule has 0 aliphatic rings. The maximum atomic E-state index is 11.9. The van der Waals surface area contributed by atoms with Crippen LogP contribution in [0.3, 0.4) is 0 Å². The van der Waals surface area contributed by atoms with Gasteiger partial charge in [-0.05, 0) is 42.8 Å². The molecule has 0 heterocycles. The summed E-state index contributed by atoms with van der Waals surface area (Å²) in [5, 5.41) is 5.47. The quantitative estimate of drug-likeness (QED) is 0.750. The van der Waals surface area contributed by atoms with Gasteiger partial charge < -0.3 is 21.1 Å². The van der Waals surface area contributed by atoms with Crippen molar-refractivity contribution in [1.82, 2.24) is 0 Å². The Morgan fingerprint density at radius 1 is 1.10 bits per heavy atom. The Kier molecular flexibility index (Phi) is 4.10. The van der Waals surface area contributed by atoms with Crippen LogP contribution in [0.4, 0.5) is 21.9 Å². The number of hydrogen-bond acceptors (Lipinski definition) is 3. The minimum absolute atomic E-state index is 0.319. The number of nitrogens with two attached hydrogens (primary N) is 1. The molecular formula is C15H17N3O2. The minimum Gasteiger partial charge on any atom is -0.495 e. The molecule has 0 saturated heterocycles. The third kappa shape index (κ3) is 3.41. The molecule has 0 saturated carbocycles. The molecule has 2 rings (SSSR count). The fraction of sp³-hybridized carbons (Fsp3) is 0.133. The molecule has 0 aliphatic carbocycles. The Morgan fingerprint density at radius 3 is 2.40 bits per heavy atom. The average Bonchev–Trinajstić information content (AvgIpc) is 2.38. The SMILES string of the molecule is COc1ccc(NC(=O)Nc2cccc(C)c2)cc1N. The standard InChI is InChI=1S/C15H17N3O2/c1-10-4-3-5-11(8-10)17-15(19)18-12-6-7-14(20-2)13(16)9-12/h3-9H,16H2,1-2H3,(H2,17,18,19). The third-order valence-corrected chi connectivity index (χ3v) is 2.76. The summed E-state index contributed by atoms with van der Waals surface area (Å²) < 4.78 is 5.06. The van der Waals surface area contributed by atoms with Crippen LogP contribution < -0.4 is 21.1 Å². The van der Waals surface area contributed by atoms with Crippen LogP contribution in [0.1, 0.15) is 5.56 Å². The van der Waals surface area contributed by atoms with Crippen molar-refractivity contribution in [2.75, 3.05) is 23.5 Å². The van der Waals surface area contributed by atoms with Crippen LogP contribution in [0.2, 0.25) is 0 Å². The molecule has 0 radical (unpaired) electrons. The molecule has 0 unspecified atom stereocenters. The summed E-state index contributed by atoms with van der Waals surface area (Å²) in [6.07, 6.45) is 0. The lowest BCUT2D eigenvalue weighted by molar-refractivity contribution is 0.262. The lowest BCUT2D eigenvalue weighted by Crippen LogP contribution is -2.19. The number of carbonyl (C=O) groups excluding carboxylic acids is 1. The Bertz CT molecular complexity index is 626. The average molecular weight is 271 g/mol. The minimum atomic E-state index is -0.319. The third-order valence-electron chi connectivity index (χ3n) is 2.76. The molecule has 5 nitrogen and oxygen atoms in total. The van der Waals surface area contributed by atoms with Gasteiger partial charge >= 0.3 is 6.03 Å². The van der Waals surface area contributed by atoms with Crippen molar-refractivity contribution in [3.63, 3.8) is 0 Å². The zero-order valence-electron chi connectivity index (χ0n) is 11.4. The van der Waals surface area contributed by atoms with Crippen molar-refractivity contribution >= 4 is 23.1 Å². The molecule has 104 valence electrons. The van der Waals surface area contributed by atoms with Crippen LogP contribution in [0.15, 0.2) is 42.5 Å². The number of ether oxygens (including phenoxy) is 1. The first-order valence-electron chi connectivity index (χ1n) is 6.16. The van der Waals surface area contributed by atoms with E-state index in [9.17, 15) is 4.79 Å². The molecule has 0 spiro atoms. The fourth-order valence-electron chi connectivity index (χ4n) is 1.83. The van der Waals surface area contributed by atoms with E-state index in [4.69, 9.17) is 10.5 Å². The predicted octanol–water partition coefficient (Wildman–Crippen LogP) is 3.23. The first-order chi connectivity index (χ1) is 9.58. The number of methoxy groups -OCH3 is 1. The summed E-state index contributed by atoms with van der Waals surface area (Å²) in [5.41, 5.74) is 8.68. The van der Waals surface area contributed by atoms with Crippen LogP contribution >= 0.6 is 0 Å².